The van der Waals surface area contributed by atoms with Crippen LogP contribution in [0, 0.1) is 0 Å². The van der Waals surface area contributed by atoms with Crippen molar-refractivity contribution in [3.63, 3.8) is 0 Å². The molecule has 39 heavy (non-hydrogen) atoms. The van der Waals surface area contributed by atoms with Crippen LogP contribution in [0.3, 0.4) is 0 Å². The van der Waals surface area contributed by atoms with E-state index in [4.69, 9.17) is 18.9 Å². The van der Waals surface area contributed by atoms with Gasteiger partial charge in [0, 0.05) is 6.92 Å². The van der Waals surface area contributed by atoms with Crippen molar-refractivity contribution in [3.8, 4) is 17.2 Å². The third-order valence-electron chi connectivity index (χ3n) is 5.82. The molecular weight excluding hydrogens is 520 g/mol. The number of aromatic nitrogens is 1. The lowest BCUT2D eigenvalue weighted by molar-refractivity contribution is -0.138. The fourth-order valence-electron chi connectivity index (χ4n) is 4.18. The number of methoxy groups -OCH3 is 1. The molecule has 0 amide bonds. The Morgan fingerprint density at radius 3 is 2.54 bits per heavy atom. The molecule has 0 bridgehead atoms. The van der Waals surface area contributed by atoms with E-state index < -0.39 is 18.0 Å². The van der Waals surface area contributed by atoms with E-state index in [9.17, 15) is 14.4 Å². The van der Waals surface area contributed by atoms with Crippen LogP contribution in [0.1, 0.15) is 37.9 Å². The minimum Gasteiger partial charge on any atom is -0.494 e. The summed E-state index contributed by atoms with van der Waals surface area (Å²) in [5.41, 5.74) is 1.68. The number of benzene rings is 2. The molecule has 1 aromatic heterocycles. The highest BCUT2D eigenvalue weighted by atomic mass is 32.1. The molecule has 10 heteroatoms. The molecule has 2 heterocycles. The van der Waals surface area contributed by atoms with Crippen molar-refractivity contribution < 1.29 is 28.5 Å². The Bertz CT molecular complexity index is 1630. The number of esters is 2. The lowest BCUT2D eigenvalue weighted by Crippen LogP contribution is -2.40. The second-order valence-electron chi connectivity index (χ2n) is 8.47. The van der Waals surface area contributed by atoms with Gasteiger partial charge in [-0.25, -0.2) is 9.79 Å². The minimum absolute atomic E-state index is 0.000788. The number of carbonyl (C=O) groups excluding carboxylic acids is 2. The summed E-state index contributed by atoms with van der Waals surface area (Å²) in [7, 11) is 1.44. The van der Waals surface area contributed by atoms with Gasteiger partial charge in [-0.2, -0.15) is 0 Å². The average molecular weight is 549 g/mol. The Hall–Kier alpha value is -4.44. The summed E-state index contributed by atoms with van der Waals surface area (Å²) < 4.78 is 23.5. The molecule has 1 unspecified atom stereocenters. The van der Waals surface area contributed by atoms with Crippen molar-refractivity contribution in [2.75, 3.05) is 20.3 Å². The van der Waals surface area contributed by atoms with E-state index in [1.807, 2.05) is 31.2 Å². The van der Waals surface area contributed by atoms with Crippen LogP contribution in [0.4, 0.5) is 0 Å². The topological polar surface area (TPSA) is 105 Å². The molecule has 1 atom stereocenters. The Morgan fingerprint density at radius 2 is 1.90 bits per heavy atom. The van der Waals surface area contributed by atoms with Gasteiger partial charge in [-0.15, -0.1) is 0 Å². The van der Waals surface area contributed by atoms with Gasteiger partial charge in [-0.3, -0.25) is 14.2 Å². The van der Waals surface area contributed by atoms with E-state index in [0.717, 1.165) is 11.3 Å². The number of carbonyl (C=O) groups is 2. The van der Waals surface area contributed by atoms with Gasteiger partial charge >= 0.3 is 11.9 Å². The highest BCUT2D eigenvalue weighted by molar-refractivity contribution is 7.07. The van der Waals surface area contributed by atoms with E-state index in [1.165, 1.54) is 36.0 Å². The lowest BCUT2D eigenvalue weighted by atomic mass is 9.95. The number of fused-ring (bicyclic) bond motifs is 1. The number of thiazole rings is 1. The standard InChI is InChI=1S/C29H28N2O7S/c1-6-14-37-28(34)25-17(3)30-29-31(26(25)20-10-13-22(38-18(4)32)23(16-20)35-5)27(33)24(39-29)15-19-8-11-21(12-9-19)36-7-2/h6,8-13,15-16,26H,1,7,14H2,2-5H3/b24-15-. The molecule has 0 radical (unpaired) electrons. The average Bonchev–Trinajstić information content (AvgIpc) is 3.21. The lowest BCUT2D eigenvalue weighted by Gasteiger charge is -2.25. The maximum Gasteiger partial charge on any atom is 0.338 e. The maximum atomic E-state index is 13.8. The predicted octanol–water partition coefficient (Wildman–Crippen LogP) is 3.30. The molecule has 0 spiro atoms. The molecule has 0 saturated heterocycles. The monoisotopic (exact) mass is 548 g/mol. The van der Waals surface area contributed by atoms with Crippen molar-refractivity contribution >= 4 is 29.4 Å². The number of hydrogen-bond donors (Lipinski definition) is 0. The van der Waals surface area contributed by atoms with E-state index in [-0.39, 0.29) is 29.2 Å². The van der Waals surface area contributed by atoms with Crippen LogP contribution in [0.25, 0.3) is 6.08 Å². The normalized spacial score (nSPS) is 14.8. The van der Waals surface area contributed by atoms with Crippen molar-refractivity contribution in [1.82, 2.24) is 4.57 Å². The fraction of sp³-hybridized carbons (Fsp3) is 0.241. The molecule has 0 aliphatic carbocycles. The molecule has 0 fully saturated rings. The van der Waals surface area contributed by atoms with Gasteiger partial charge in [0.2, 0.25) is 0 Å². The second kappa shape index (κ2) is 12.0. The highest BCUT2D eigenvalue weighted by Gasteiger charge is 2.34. The van der Waals surface area contributed by atoms with Crippen molar-refractivity contribution in [2.45, 2.75) is 26.8 Å². The number of rotatable bonds is 9. The zero-order valence-electron chi connectivity index (χ0n) is 22.1. The molecule has 1 aliphatic rings. The first-order valence-electron chi connectivity index (χ1n) is 12.2. The van der Waals surface area contributed by atoms with Crippen molar-refractivity contribution in [2.24, 2.45) is 4.99 Å². The first kappa shape index (κ1) is 27.6. The first-order chi connectivity index (χ1) is 18.8. The third-order valence-corrected chi connectivity index (χ3v) is 6.80. The molecular formula is C29H28N2O7S. The van der Waals surface area contributed by atoms with Crippen LogP contribution in [0.5, 0.6) is 17.2 Å². The number of allylic oxidation sites excluding steroid dienone is 1. The van der Waals surface area contributed by atoms with Gasteiger partial charge in [-0.1, -0.05) is 42.2 Å². The Kier molecular flexibility index (Phi) is 8.46. The van der Waals surface area contributed by atoms with Crippen molar-refractivity contribution in [1.29, 1.82) is 0 Å². The molecule has 202 valence electrons. The predicted molar refractivity (Wildman–Crippen MR) is 147 cm³/mol. The van der Waals surface area contributed by atoms with Crippen LogP contribution in [-0.4, -0.2) is 36.8 Å². The number of nitrogens with zero attached hydrogens (tertiary/aromatic N) is 2. The summed E-state index contributed by atoms with van der Waals surface area (Å²) >= 11 is 1.22. The summed E-state index contributed by atoms with van der Waals surface area (Å²) in [6, 6.07) is 11.4. The fourth-order valence-corrected chi connectivity index (χ4v) is 5.23. The largest absolute Gasteiger partial charge is 0.494 e. The van der Waals surface area contributed by atoms with Gasteiger partial charge in [0.15, 0.2) is 16.3 Å². The van der Waals surface area contributed by atoms with Gasteiger partial charge in [0.05, 0.1) is 35.6 Å². The Morgan fingerprint density at radius 1 is 1.15 bits per heavy atom. The van der Waals surface area contributed by atoms with Gasteiger partial charge in [0.1, 0.15) is 12.4 Å². The summed E-state index contributed by atoms with van der Waals surface area (Å²) in [4.78, 5) is 43.6. The van der Waals surface area contributed by atoms with Crippen LogP contribution < -0.4 is 29.1 Å². The molecule has 1 aliphatic heterocycles. The van der Waals surface area contributed by atoms with E-state index in [2.05, 4.69) is 11.6 Å². The Balaban J connectivity index is 1.89. The van der Waals surface area contributed by atoms with E-state index in [0.29, 0.717) is 27.2 Å². The van der Waals surface area contributed by atoms with Crippen molar-refractivity contribution in [3.05, 3.63) is 97.2 Å². The van der Waals surface area contributed by atoms with Crippen LogP contribution in [0.15, 0.2) is 76.2 Å². The molecule has 3 aromatic rings. The zero-order valence-corrected chi connectivity index (χ0v) is 22.9. The summed E-state index contributed by atoms with van der Waals surface area (Å²) in [6.45, 7) is 9.05. The molecule has 2 aromatic carbocycles. The minimum atomic E-state index is -0.860. The molecule has 0 saturated carbocycles. The number of hydrogen-bond acceptors (Lipinski definition) is 9. The highest BCUT2D eigenvalue weighted by Crippen LogP contribution is 2.36. The van der Waals surface area contributed by atoms with Gasteiger partial charge in [-0.05, 0) is 55.3 Å². The maximum absolute atomic E-state index is 13.8. The zero-order chi connectivity index (χ0) is 28.1. The van der Waals surface area contributed by atoms with E-state index in [1.54, 1.807) is 31.2 Å². The van der Waals surface area contributed by atoms with Gasteiger partial charge < -0.3 is 18.9 Å². The van der Waals surface area contributed by atoms with Crippen LogP contribution in [-0.2, 0) is 14.3 Å². The molecule has 4 rings (SSSR count). The third kappa shape index (κ3) is 5.85. The summed E-state index contributed by atoms with van der Waals surface area (Å²) in [5.74, 6) is 0.0964. The quantitative estimate of drug-likeness (QED) is 0.230. The molecule has 0 N–H and O–H groups in total. The molecule has 9 nitrogen and oxygen atoms in total. The van der Waals surface area contributed by atoms with Gasteiger partial charge in [0.25, 0.3) is 5.56 Å². The summed E-state index contributed by atoms with van der Waals surface area (Å²) in [5, 5.41) is 0. The van der Waals surface area contributed by atoms with E-state index >= 15 is 0 Å². The SMILES string of the molecule is C=CCOC(=O)C1=C(C)N=c2s/c(=C\c3ccc(OCC)cc3)c(=O)n2C1c1ccc(OC(C)=O)c(OC)c1. The smallest absolute Gasteiger partial charge is 0.338 e. The Labute approximate surface area is 228 Å². The van der Waals surface area contributed by atoms with Crippen LogP contribution in [0.2, 0.25) is 0 Å². The second-order valence-corrected chi connectivity index (χ2v) is 9.48. The summed E-state index contributed by atoms with van der Waals surface area (Å²) in [6.07, 6.45) is 3.24. The van der Waals surface area contributed by atoms with Crippen LogP contribution >= 0.6 is 11.3 Å². The number of ether oxygens (including phenoxy) is 4. The first-order valence-corrected chi connectivity index (χ1v) is 13.0.